The predicted molar refractivity (Wildman–Crippen MR) is 68.1 cm³/mol. The molecule has 0 aliphatic rings. The van der Waals surface area contributed by atoms with Gasteiger partial charge >= 0.3 is 0 Å². The van der Waals surface area contributed by atoms with Crippen LogP contribution >= 0.6 is 12.2 Å². The number of nitrogens with zero attached hydrogens (tertiary/aromatic N) is 2. The molecule has 0 amide bonds. The Kier molecular flexibility index (Phi) is 4.24. The second-order valence-electron chi connectivity index (χ2n) is 3.37. The van der Waals surface area contributed by atoms with Crippen LogP contribution in [0, 0.1) is 0 Å². The van der Waals surface area contributed by atoms with E-state index in [1.807, 2.05) is 51.4 Å². The maximum absolute atomic E-state index is 5.05. The molecule has 0 unspecified atom stereocenters. The number of nitrogens with one attached hydrogen (secondary N) is 1. The maximum atomic E-state index is 5.05. The van der Waals surface area contributed by atoms with E-state index in [-0.39, 0.29) is 0 Å². The highest BCUT2D eigenvalue weighted by Crippen LogP contribution is 1.99. The lowest BCUT2D eigenvalue weighted by Gasteiger charge is -2.12. The zero-order chi connectivity index (χ0) is 11.3. The molecule has 4 heteroatoms. The fourth-order valence-corrected chi connectivity index (χ4v) is 1.02. The van der Waals surface area contributed by atoms with Gasteiger partial charge in [-0.2, -0.15) is 5.10 Å². The van der Waals surface area contributed by atoms with Crippen LogP contribution < -0.4 is 5.43 Å². The van der Waals surface area contributed by atoms with Crippen molar-refractivity contribution >= 4 is 23.0 Å². The number of hydrogen-bond acceptors (Lipinski definition) is 2. The molecule has 0 atom stereocenters. The molecule has 0 saturated carbocycles. The largest absolute Gasteiger partial charge is 0.354 e. The van der Waals surface area contributed by atoms with Crippen LogP contribution in [0.25, 0.3) is 0 Å². The van der Waals surface area contributed by atoms with E-state index < -0.39 is 0 Å². The Morgan fingerprint density at radius 1 is 1.27 bits per heavy atom. The molecule has 1 N–H and O–H groups in total. The Morgan fingerprint density at radius 2 is 1.87 bits per heavy atom. The van der Waals surface area contributed by atoms with E-state index in [9.17, 15) is 0 Å². The van der Waals surface area contributed by atoms with Gasteiger partial charge in [-0.1, -0.05) is 30.3 Å². The highest BCUT2D eigenvalue weighted by Gasteiger charge is 1.97. The molecule has 0 fully saturated rings. The quantitative estimate of drug-likeness (QED) is 0.469. The van der Waals surface area contributed by atoms with Gasteiger partial charge < -0.3 is 4.90 Å². The molecule has 80 valence electrons. The normalized spacial score (nSPS) is 11.0. The Hall–Kier alpha value is -1.42. The third-order valence-electron chi connectivity index (χ3n) is 1.92. The summed E-state index contributed by atoms with van der Waals surface area (Å²) in [5.41, 5.74) is 4.83. The molecular formula is C11H15N3S. The van der Waals surface area contributed by atoms with Crippen LogP contribution in [0.1, 0.15) is 12.5 Å². The molecule has 0 aliphatic carbocycles. The van der Waals surface area contributed by atoms with Crippen LogP contribution in [0.4, 0.5) is 0 Å². The van der Waals surface area contributed by atoms with Crippen LogP contribution in [0.15, 0.2) is 35.4 Å². The first-order valence-corrected chi connectivity index (χ1v) is 5.09. The fraction of sp³-hybridized carbons (Fsp3) is 0.273. The predicted octanol–water partition coefficient (Wildman–Crippen LogP) is 1.85. The summed E-state index contributed by atoms with van der Waals surface area (Å²) in [6.07, 6.45) is 0. The topological polar surface area (TPSA) is 27.6 Å². The maximum Gasteiger partial charge on any atom is 0.189 e. The molecule has 0 radical (unpaired) electrons. The second-order valence-corrected chi connectivity index (χ2v) is 3.76. The van der Waals surface area contributed by atoms with E-state index in [4.69, 9.17) is 12.2 Å². The van der Waals surface area contributed by atoms with Crippen molar-refractivity contribution < 1.29 is 0 Å². The Bertz CT molecular complexity index is 357. The van der Waals surface area contributed by atoms with E-state index in [1.54, 1.807) is 4.90 Å². The number of hydrazone groups is 1. The average molecular weight is 221 g/mol. The summed E-state index contributed by atoms with van der Waals surface area (Å²) in [5, 5.41) is 4.80. The van der Waals surface area contributed by atoms with Gasteiger partial charge in [0.2, 0.25) is 0 Å². The van der Waals surface area contributed by atoms with E-state index in [2.05, 4.69) is 10.5 Å². The average Bonchev–Trinajstić information content (AvgIpc) is 2.26. The molecule has 0 aromatic heterocycles. The molecule has 0 spiro atoms. The number of benzene rings is 1. The monoisotopic (exact) mass is 221 g/mol. The summed E-state index contributed by atoms with van der Waals surface area (Å²) >= 11 is 5.05. The van der Waals surface area contributed by atoms with Crippen molar-refractivity contribution in [1.29, 1.82) is 0 Å². The van der Waals surface area contributed by atoms with Crippen LogP contribution in [-0.4, -0.2) is 29.8 Å². The molecule has 3 nitrogen and oxygen atoms in total. The van der Waals surface area contributed by atoms with Crippen LogP contribution in [0.3, 0.4) is 0 Å². The first-order chi connectivity index (χ1) is 7.11. The van der Waals surface area contributed by atoms with Crippen molar-refractivity contribution in [3.05, 3.63) is 35.9 Å². The Labute approximate surface area is 95.8 Å². The SMILES string of the molecule is CC(=NNC(=S)N(C)C)c1ccccc1. The molecule has 1 aromatic carbocycles. The van der Waals surface area contributed by atoms with Crippen LogP contribution in [-0.2, 0) is 0 Å². The highest BCUT2D eigenvalue weighted by molar-refractivity contribution is 7.80. The minimum Gasteiger partial charge on any atom is -0.354 e. The van der Waals surface area contributed by atoms with Crippen LogP contribution in [0.2, 0.25) is 0 Å². The van der Waals surface area contributed by atoms with E-state index in [1.165, 1.54) is 0 Å². The summed E-state index contributed by atoms with van der Waals surface area (Å²) in [5.74, 6) is 0. The van der Waals surface area contributed by atoms with Crippen molar-refractivity contribution in [1.82, 2.24) is 10.3 Å². The minimum atomic E-state index is 0.602. The van der Waals surface area contributed by atoms with Gasteiger partial charge in [0.1, 0.15) is 0 Å². The summed E-state index contributed by atoms with van der Waals surface area (Å²) in [6, 6.07) is 9.98. The van der Waals surface area contributed by atoms with Crippen LogP contribution in [0.5, 0.6) is 0 Å². The molecule has 0 saturated heterocycles. The van der Waals surface area contributed by atoms with Gasteiger partial charge in [0.25, 0.3) is 0 Å². The molecule has 15 heavy (non-hydrogen) atoms. The lowest BCUT2D eigenvalue weighted by Crippen LogP contribution is -2.31. The zero-order valence-electron chi connectivity index (χ0n) is 9.19. The standard InChI is InChI=1S/C11H15N3S/c1-9(10-7-5-4-6-8-10)12-13-11(15)14(2)3/h4-8H,1-3H3,(H,13,15). The number of hydrogen-bond donors (Lipinski definition) is 1. The number of thiocarbonyl (C=S) groups is 1. The van der Waals surface area contributed by atoms with Crippen molar-refractivity contribution in [2.75, 3.05) is 14.1 Å². The summed E-state index contributed by atoms with van der Waals surface area (Å²) in [7, 11) is 3.76. The van der Waals surface area contributed by atoms with E-state index in [0.717, 1.165) is 11.3 Å². The Balaban J connectivity index is 2.65. The summed E-state index contributed by atoms with van der Waals surface area (Å²) < 4.78 is 0. The van der Waals surface area contributed by atoms with Gasteiger partial charge in [0.15, 0.2) is 5.11 Å². The van der Waals surface area contributed by atoms with Crippen molar-refractivity contribution in [3.63, 3.8) is 0 Å². The minimum absolute atomic E-state index is 0.602. The van der Waals surface area contributed by atoms with E-state index >= 15 is 0 Å². The molecule has 1 rings (SSSR count). The smallest absolute Gasteiger partial charge is 0.189 e. The van der Waals surface area contributed by atoms with Gasteiger partial charge in [-0.25, -0.2) is 0 Å². The first kappa shape index (κ1) is 11.7. The fourth-order valence-electron chi connectivity index (χ4n) is 0.976. The van der Waals surface area contributed by atoms with Crippen molar-refractivity contribution in [2.24, 2.45) is 5.10 Å². The van der Waals surface area contributed by atoms with Gasteiger partial charge in [-0.05, 0) is 24.7 Å². The zero-order valence-corrected chi connectivity index (χ0v) is 10.0. The van der Waals surface area contributed by atoms with Crippen molar-refractivity contribution in [3.8, 4) is 0 Å². The first-order valence-electron chi connectivity index (χ1n) is 4.68. The third-order valence-corrected chi connectivity index (χ3v) is 2.37. The third kappa shape index (κ3) is 3.67. The number of rotatable bonds is 2. The Morgan fingerprint density at radius 3 is 2.40 bits per heavy atom. The van der Waals surface area contributed by atoms with Crippen molar-refractivity contribution in [2.45, 2.75) is 6.92 Å². The van der Waals surface area contributed by atoms with Gasteiger partial charge in [0, 0.05) is 14.1 Å². The summed E-state index contributed by atoms with van der Waals surface area (Å²) in [4.78, 5) is 1.80. The van der Waals surface area contributed by atoms with Gasteiger partial charge in [0.05, 0.1) is 5.71 Å². The van der Waals surface area contributed by atoms with Gasteiger partial charge in [-0.3, -0.25) is 5.43 Å². The van der Waals surface area contributed by atoms with Gasteiger partial charge in [-0.15, -0.1) is 0 Å². The molecule has 1 aromatic rings. The molecular weight excluding hydrogens is 206 g/mol. The summed E-state index contributed by atoms with van der Waals surface area (Å²) in [6.45, 7) is 1.95. The lowest BCUT2D eigenvalue weighted by atomic mass is 10.1. The molecule has 0 aliphatic heterocycles. The van der Waals surface area contributed by atoms with E-state index in [0.29, 0.717) is 5.11 Å². The lowest BCUT2D eigenvalue weighted by molar-refractivity contribution is 0.606. The molecule has 0 bridgehead atoms. The molecule has 0 heterocycles. The second kappa shape index (κ2) is 5.46. The highest BCUT2D eigenvalue weighted by atomic mass is 32.1.